The Balaban J connectivity index is 2.45. The SMILES string of the molecule is COc1c(CCN)c(C(C)(C)C)nn1C1CCCCC1. The molecule has 0 unspecified atom stereocenters. The van der Waals surface area contributed by atoms with Gasteiger partial charge in [0, 0.05) is 11.0 Å². The van der Waals surface area contributed by atoms with Crippen LogP contribution in [0.25, 0.3) is 0 Å². The van der Waals surface area contributed by atoms with Gasteiger partial charge in [-0.2, -0.15) is 5.10 Å². The Hall–Kier alpha value is -1.03. The van der Waals surface area contributed by atoms with Crippen molar-refractivity contribution in [2.45, 2.75) is 70.8 Å². The van der Waals surface area contributed by atoms with Crippen LogP contribution in [0, 0.1) is 0 Å². The van der Waals surface area contributed by atoms with Gasteiger partial charge in [0.15, 0.2) is 0 Å². The van der Waals surface area contributed by atoms with E-state index in [0.29, 0.717) is 12.6 Å². The lowest BCUT2D eigenvalue weighted by molar-refractivity contribution is 0.278. The van der Waals surface area contributed by atoms with Crippen LogP contribution in [0.5, 0.6) is 5.88 Å². The summed E-state index contributed by atoms with van der Waals surface area (Å²) in [5.41, 5.74) is 8.16. The molecule has 0 saturated heterocycles. The van der Waals surface area contributed by atoms with Gasteiger partial charge >= 0.3 is 0 Å². The van der Waals surface area contributed by atoms with Crippen molar-refractivity contribution < 1.29 is 4.74 Å². The molecule has 0 radical (unpaired) electrons. The maximum Gasteiger partial charge on any atom is 0.215 e. The zero-order valence-corrected chi connectivity index (χ0v) is 13.4. The fourth-order valence-corrected chi connectivity index (χ4v) is 3.22. The fourth-order valence-electron chi connectivity index (χ4n) is 3.22. The molecule has 0 aromatic carbocycles. The predicted molar refractivity (Wildman–Crippen MR) is 82.4 cm³/mol. The molecule has 1 aromatic heterocycles. The normalized spacial score (nSPS) is 17.4. The molecule has 1 aliphatic carbocycles. The minimum Gasteiger partial charge on any atom is -0.481 e. The number of ether oxygens (including phenoxy) is 1. The number of hydrogen-bond donors (Lipinski definition) is 1. The maximum atomic E-state index is 5.79. The second-order valence-electron chi connectivity index (χ2n) is 6.86. The Morgan fingerprint density at radius 3 is 2.40 bits per heavy atom. The lowest BCUT2D eigenvalue weighted by Crippen LogP contribution is -2.18. The number of rotatable bonds is 4. The molecule has 0 aliphatic heterocycles. The first kappa shape index (κ1) is 15.4. The molecule has 1 aromatic rings. The second kappa shape index (κ2) is 6.17. The molecule has 1 fully saturated rings. The molecule has 114 valence electrons. The van der Waals surface area contributed by atoms with Gasteiger partial charge < -0.3 is 10.5 Å². The lowest BCUT2D eigenvalue weighted by Gasteiger charge is -2.23. The van der Waals surface area contributed by atoms with Gasteiger partial charge in [-0.1, -0.05) is 40.0 Å². The van der Waals surface area contributed by atoms with Gasteiger partial charge in [-0.25, -0.2) is 4.68 Å². The van der Waals surface area contributed by atoms with Crippen molar-refractivity contribution >= 4 is 0 Å². The Morgan fingerprint density at radius 1 is 1.25 bits per heavy atom. The predicted octanol–water partition coefficient (Wildman–Crippen LogP) is 3.20. The minimum absolute atomic E-state index is 0.0255. The molecule has 2 rings (SSSR count). The summed E-state index contributed by atoms with van der Waals surface area (Å²) in [6.45, 7) is 7.26. The van der Waals surface area contributed by atoms with Gasteiger partial charge in [-0.05, 0) is 25.8 Å². The van der Waals surface area contributed by atoms with Crippen LogP contribution >= 0.6 is 0 Å². The number of methoxy groups -OCH3 is 1. The third kappa shape index (κ3) is 3.00. The smallest absolute Gasteiger partial charge is 0.215 e. The highest BCUT2D eigenvalue weighted by Crippen LogP contribution is 2.37. The quantitative estimate of drug-likeness (QED) is 0.921. The van der Waals surface area contributed by atoms with Gasteiger partial charge in [-0.3, -0.25) is 0 Å². The van der Waals surface area contributed by atoms with E-state index in [2.05, 4.69) is 25.5 Å². The van der Waals surface area contributed by atoms with Crippen molar-refractivity contribution in [1.29, 1.82) is 0 Å². The van der Waals surface area contributed by atoms with Crippen LogP contribution in [0.15, 0.2) is 0 Å². The Bertz CT molecular complexity index is 439. The zero-order valence-electron chi connectivity index (χ0n) is 13.4. The van der Waals surface area contributed by atoms with E-state index in [9.17, 15) is 0 Å². The summed E-state index contributed by atoms with van der Waals surface area (Å²) in [6, 6.07) is 0.492. The first-order valence-corrected chi connectivity index (χ1v) is 7.85. The highest BCUT2D eigenvalue weighted by atomic mass is 16.5. The second-order valence-corrected chi connectivity index (χ2v) is 6.86. The Morgan fingerprint density at radius 2 is 1.90 bits per heavy atom. The highest BCUT2D eigenvalue weighted by Gasteiger charge is 2.29. The van der Waals surface area contributed by atoms with Crippen LogP contribution in [0.2, 0.25) is 0 Å². The van der Waals surface area contributed by atoms with Crippen molar-refractivity contribution in [1.82, 2.24) is 9.78 Å². The summed E-state index contributed by atoms with van der Waals surface area (Å²) >= 11 is 0. The van der Waals surface area contributed by atoms with Crippen molar-refractivity contribution in [3.8, 4) is 5.88 Å². The molecule has 0 bridgehead atoms. The van der Waals surface area contributed by atoms with Gasteiger partial charge in [0.2, 0.25) is 5.88 Å². The molecule has 2 N–H and O–H groups in total. The standard InChI is InChI=1S/C16H29N3O/c1-16(2,3)14-13(10-11-17)15(20-4)19(18-14)12-8-6-5-7-9-12/h12H,5-11,17H2,1-4H3. The van der Waals surface area contributed by atoms with Crippen molar-refractivity contribution in [2.75, 3.05) is 13.7 Å². The molecule has 1 aliphatic rings. The van der Waals surface area contributed by atoms with Crippen LogP contribution in [0.1, 0.15) is 70.2 Å². The first-order chi connectivity index (χ1) is 9.49. The molecule has 1 heterocycles. The molecule has 4 heteroatoms. The van der Waals surface area contributed by atoms with E-state index in [1.165, 1.54) is 37.7 Å². The zero-order chi connectivity index (χ0) is 14.8. The van der Waals surface area contributed by atoms with E-state index in [-0.39, 0.29) is 5.41 Å². The van der Waals surface area contributed by atoms with E-state index in [0.717, 1.165) is 18.0 Å². The topological polar surface area (TPSA) is 53.1 Å². The number of aromatic nitrogens is 2. The summed E-state index contributed by atoms with van der Waals surface area (Å²) in [6.07, 6.45) is 7.20. The maximum absolute atomic E-state index is 5.79. The monoisotopic (exact) mass is 279 g/mol. The van der Waals surface area contributed by atoms with E-state index in [1.807, 2.05) is 0 Å². The molecular formula is C16H29N3O. The van der Waals surface area contributed by atoms with E-state index in [4.69, 9.17) is 15.6 Å². The number of nitrogens with two attached hydrogens (primary N) is 1. The van der Waals surface area contributed by atoms with Crippen LogP contribution in [0.4, 0.5) is 0 Å². The lowest BCUT2D eigenvalue weighted by atomic mass is 9.88. The average Bonchev–Trinajstić information content (AvgIpc) is 2.79. The first-order valence-electron chi connectivity index (χ1n) is 7.85. The molecule has 4 nitrogen and oxygen atoms in total. The van der Waals surface area contributed by atoms with Crippen LogP contribution < -0.4 is 10.5 Å². The van der Waals surface area contributed by atoms with Crippen LogP contribution in [-0.4, -0.2) is 23.4 Å². The fraction of sp³-hybridized carbons (Fsp3) is 0.812. The van der Waals surface area contributed by atoms with E-state index >= 15 is 0 Å². The average molecular weight is 279 g/mol. The number of hydrogen-bond acceptors (Lipinski definition) is 3. The van der Waals surface area contributed by atoms with E-state index in [1.54, 1.807) is 7.11 Å². The van der Waals surface area contributed by atoms with Crippen molar-refractivity contribution in [2.24, 2.45) is 5.73 Å². The third-order valence-electron chi connectivity index (χ3n) is 4.18. The van der Waals surface area contributed by atoms with Gasteiger partial charge in [0.25, 0.3) is 0 Å². The summed E-state index contributed by atoms with van der Waals surface area (Å²) in [4.78, 5) is 0. The highest BCUT2D eigenvalue weighted by molar-refractivity contribution is 5.36. The third-order valence-corrected chi connectivity index (χ3v) is 4.18. The van der Waals surface area contributed by atoms with E-state index < -0.39 is 0 Å². The Kier molecular flexibility index (Phi) is 4.74. The van der Waals surface area contributed by atoms with Gasteiger partial charge in [0.05, 0.1) is 18.8 Å². The van der Waals surface area contributed by atoms with Crippen LogP contribution in [-0.2, 0) is 11.8 Å². The summed E-state index contributed by atoms with van der Waals surface area (Å²) < 4.78 is 7.85. The molecule has 1 saturated carbocycles. The van der Waals surface area contributed by atoms with Crippen molar-refractivity contribution in [3.63, 3.8) is 0 Å². The summed E-state index contributed by atoms with van der Waals surface area (Å²) in [5.74, 6) is 0.937. The van der Waals surface area contributed by atoms with Gasteiger partial charge in [0.1, 0.15) is 0 Å². The molecule has 0 spiro atoms. The molecule has 20 heavy (non-hydrogen) atoms. The molecular weight excluding hydrogens is 250 g/mol. The Labute approximate surface area is 122 Å². The summed E-state index contributed by atoms with van der Waals surface area (Å²) in [5, 5.41) is 4.93. The minimum atomic E-state index is 0.0255. The molecule has 0 amide bonds. The van der Waals surface area contributed by atoms with Crippen molar-refractivity contribution in [3.05, 3.63) is 11.3 Å². The number of nitrogens with zero attached hydrogens (tertiary/aromatic N) is 2. The summed E-state index contributed by atoms with van der Waals surface area (Å²) in [7, 11) is 1.75. The van der Waals surface area contributed by atoms with Crippen LogP contribution in [0.3, 0.4) is 0 Å². The molecule has 0 atom stereocenters. The van der Waals surface area contributed by atoms with Gasteiger partial charge in [-0.15, -0.1) is 0 Å². The largest absolute Gasteiger partial charge is 0.481 e.